The van der Waals surface area contributed by atoms with Crippen molar-refractivity contribution in [3.63, 3.8) is 0 Å². The minimum absolute atomic E-state index is 0.0347. The van der Waals surface area contributed by atoms with E-state index in [-0.39, 0.29) is 6.42 Å². The fourth-order valence-corrected chi connectivity index (χ4v) is 1.66. The van der Waals surface area contributed by atoms with E-state index in [2.05, 4.69) is 5.32 Å². The van der Waals surface area contributed by atoms with E-state index in [0.717, 1.165) is 0 Å². The lowest BCUT2D eigenvalue weighted by atomic mass is 9.92. The normalized spacial score (nSPS) is 34.2. The van der Waals surface area contributed by atoms with Crippen LogP contribution in [0.5, 0.6) is 0 Å². The molecule has 58 valence electrons. The van der Waals surface area contributed by atoms with Gasteiger partial charge < -0.3 is 5.32 Å². The first-order valence-corrected chi connectivity index (χ1v) is 3.75. The van der Waals surface area contributed by atoms with Crippen molar-refractivity contribution in [2.75, 3.05) is 13.1 Å². The van der Waals surface area contributed by atoms with Gasteiger partial charge >= 0.3 is 0 Å². The first-order chi connectivity index (χ1) is 4.66. The fraction of sp³-hybridized carbons (Fsp3) is 1.00. The van der Waals surface area contributed by atoms with Crippen LogP contribution in [0.3, 0.4) is 0 Å². The van der Waals surface area contributed by atoms with Crippen molar-refractivity contribution in [1.82, 2.24) is 5.32 Å². The summed E-state index contributed by atoms with van der Waals surface area (Å²) >= 11 is 0. The Hall–Kier alpha value is -0.180. The van der Waals surface area contributed by atoms with Gasteiger partial charge in [0, 0.05) is 24.9 Å². The maximum Gasteiger partial charge on any atom is 0.256 e. The molecule has 0 bridgehead atoms. The summed E-state index contributed by atoms with van der Waals surface area (Å²) in [6.45, 7) is 1.01. The molecule has 1 spiro atoms. The molecule has 2 rings (SSSR count). The zero-order valence-electron chi connectivity index (χ0n) is 5.79. The molecule has 1 saturated heterocycles. The van der Waals surface area contributed by atoms with Gasteiger partial charge in [-0.25, -0.2) is 8.78 Å². The molecule has 0 aromatic carbocycles. The summed E-state index contributed by atoms with van der Waals surface area (Å²) in [7, 11) is 0. The molecule has 0 aromatic rings. The van der Waals surface area contributed by atoms with Gasteiger partial charge in [-0.3, -0.25) is 0 Å². The lowest BCUT2D eigenvalue weighted by molar-refractivity contribution is -0.0922. The van der Waals surface area contributed by atoms with E-state index < -0.39 is 11.3 Å². The van der Waals surface area contributed by atoms with Gasteiger partial charge in [-0.05, 0) is 12.8 Å². The molecule has 0 amide bonds. The molecule has 10 heavy (non-hydrogen) atoms. The third-order valence-electron chi connectivity index (χ3n) is 2.71. The average Bonchev–Trinajstić information content (AvgIpc) is 2.59. The van der Waals surface area contributed by atoms with Gasteiger partial charge in [0.25, 0.3) is 5.92 Å². The third-order valence-corrected chi connectivity index (χ3v) is 2.71. The summed E-state index contributed by atoms with van der Waals surface area (Å²) in [6, 6.07) is 0. The highest BCUT2D eigenvalue weighted by atomic mass is 19.3. The molecular formula is C7H11F2N. The quantitative estimate of drug-likeness (QED) is 0.546. The van der Waals surface area contributed by atoms with Crippen LogP contribution in [0.1, 0.15) is 19.3 Å². The van der Waals surface area contributed by atoms with Crippen molar-refractivity contribution < 1.29 is 8.78 Å². The van der Waals surface area contributed by atoms with Crippen molar-refractivity contribution >= 4 is 0 Å². The fourth-order valence-electron chi connectivity index (χ4n) is 1.66. The number of hydrogen-bond donors (Lipinski definition) is 1. The van der Waals surface area contributed by atoms with Crippen molar-refractivity contribution in [1.29, 1.82) is 0 Å². The number of halogens is 2. The minimum Gasteiger partial charge on any atom is -0.316 e. The highest BCUT2D eigenvalue weighted by Gasteiger charge is 2.62. The highest BCUT2D eigenvalue weighted by Crippen LogP contribution is 2.58. The van der Waals surface area contributed by atoms with Crippen LogP contribution in [0.4, 0.5) is 8.78 Å². The molecule has 0 atom stereocenters. The highest BCUT2D eigenvalue weighted by molar-refractivity contribution is 5.07. The topological polar surface area (TPSA) is 12.0 Å². The Bertz CT molecular complexity index is 146. The Morgan fingerprint density at radius 3 is 2.20 bits per heavy atom. The summed E-state index contributed by atoms with van der Waals surface area (Å²) in [6.07, 6.45) is 1.47. The lowest BCUT2D eigenvalue weighted by Gasteiger charge is -2.31. The maximum atomic E-state index is 13.0. The lowest BCUT2D eigenvalue weighted by Crippen LogP contribution is -2.46. The summed E-state index contributed by atoms with van der Waals surface area (Å²) in [5.74, 6) is -2.38. The predicted octanol–water partition coefficient (Wildman–Crippen LogP) is 1.40. The molecule has 3 heteroatoms. The minimum atomic E-state index is -2.38. The predicted molar refractivity (Wildman–Crippen MR) is 34.1 cm³/mol. The van der Waals surface area contributed by atoms with E-state index in [1.54, 1.807) is 0 Å². The smallest absolute Gasteiger partial charge is 0.256 e. The largest absolute Gasteiger partial charge is 0.316 e. The van der Waals surface area contributed by atoms with E-state index in [4.69, 9.17) is 0 Å². The number of rotatable bonds is 0. The molecule has 1 saturated carbocycles. The Balaban J connectivity index is 2.15. The molecule has 2 aliphatic rings. The molecule has 0 unspecified atom stereocenters. The van der Waals surface area contributed by atoms with Crippen LogP contribution in [-0.4, -0.2) is 19.0 Å². The maximum absolute atomic E-state index is 13.0. The van der Waals surface area contributed by atoms with Gasteiger partial charge in [0.1, 0.15) is 0 Å². The zero-order valence-corrected chi connectivity index (χ0v) is 5.79. The Morgan fingerprint density at radius 1 is 1.10 bits per heavy atom. The molecule has 1 nitrogen and oxygen atoms in total. The van der Waals surface area contributed by atoms with Crippen LogP contribution < -0.4 is 5.32 Å². The molecule has 2 fully saturated rings. The van der Waals surface area contributed by atoms with Crippen LogP contribution in [-0.2, 0) is 0 Å². The van der Waals surface area contributed by atoms with Gasteiger partial charge in [-0.1, -0.05) is 0 Å². The summed E-state index contributed by atoms with van der Waals surface area (Å²) in [5, 5.41) is 3.01. The van der Waals surface area contributed by atoms with Crippen molar-refractivity contribution in [2.45, 2.75) is 25.2 Å². The summed E-state index contributed by atoms with van der Waals surface area (Å²) in [4.78, 5) is 0. The van der Waals surface area contributed by atoms with Crippen LogP contribution in [0, 0.1) is 5.41 Å². The monoisotopic (exact) mass is 147 g/mol. The van der Waals surface area contributed by atoms with Crippen LogP contribution in [0.25, 0.3) is 0 Å². The molecular weight excluding hydrogens is 136 g/mol. The Morgan fingerprint density at radius 2 is 1.80 bits per heavy atom. The van der Waals surface area contributed by atoms with Crippen molar-refractivity contribution in [3.05, 3.63) is 0 Å². The van der Waals surface area contributed by atoms with E-state index in [9.17, 15) is 8.78 Å². The van der Waals surface area contributed by atoms with Crippen LogP contribution in [0.15, 0.2) is 0 Å². The molecule has 1 N–H and O–H groups in total. The second kappa shape index (κ2) is 1.70. The first-order valence-electron chi connectivity index (χ1n) is 3.75. The SMILES string of the molecule is FC1(F)CCNCC12CC2. The third kappa shape index (κ3) is 0.698. The second-order valence-corrected chi connectivity index (χ2v) is 3.41. The molecule has 1 aliphatic carbocycles. The summed E-state index contributed by atoms with van der Waals surface area (Å²) in [5.41, 5.74) is -0.620. The van der Waals surface area contributed by atoms with Crippen molar-refractivity contribution in [3.8, 4) is 0 Å². The average molecular weight is 147 g/mol. The number of alkyl halides is 2. The number of hydrogen-bond acceptors (Lipinski definition) is 1. The van der Waals surface area contributed by atoms with Gasteiger partial charge in [-0.2, -0.15) is 0 Å². The molecule has 0 aromatic heterocycles. The van der Waals surface area contributed by atoms with Gasteiger partial charge in [0.05, 0.1) is 0 Å². The van der Waals surface area contributed by atoms with Crippen molar-refractivity contribution in [2.24, 2.45) is 5.41 Å². The zero-order chi connectivity index (χ0) is 7.24. The van der Waals surface area contributed by atoms with Gasteiger partial charge in [0.2, 0.25) is 0 Å². The van der Waals surface area contributed by atoms with E-state index >= 15 is 0 Å². The Labute approximate surface area is 58.8 Å². The second-order valence-electron chi connectivity index (χ2n) is 3.41. The van der Waals surface area contributed by atoms with E-state index in [1.807, 2.05) is 0 Å². The van der Waals surface area contributed by atoms with E-state index in [0.29, 0.717) is 25.9 Å². The number of piperidine rings is 1. The first kappa shape index (κ1) is 6.53. The van der Waals surface area contributed by atoms with Gasteiger partial charge in [-0.15, -0.1) is 0 Å². The molecule has 1 aliphatic heterocycles. The van der Waals surface area contributed by atoms with Crippen LogP contribution >= 0.6 is 0 Å². The summed E-state index contributed by atoms with van der Waals surface area (Å²) < 4.78 is 26.0. The standard InChI is InChI=1S/C7H11F2N/c8-7(9)3-4-10-5-6(7)1-2-6/h10H,1-5H2. The van der Waals surface area contributed by atoms with Crippen LogP contribution in [0.2, 0.25) is 0 Å². The molecule has 1 heterocycles. The number of nitrogens with one attached hydrogen (secondary N) is 1. The van der Waals surface area contributed by atoms with Gasteiger partial charge in [0.15, 0.2) is 0 Å². The Kier molecular flexibility index (Phi) is 1.11. The van der Waals surface area contributed by atoms with E-state index in [1.165, 1.54) is 0 Å². The molecule has 0 radical (unpaired) electrons.